The highest BCUT2D eigenvalue weighted by Crippen LogP contribution is 2.23. The molecule has 4 heterocycles. The summed E-state index contributed by atoms with van der Waals surface area (Å²) < 4.78 is 4.45. The van der Waals surface area contributed by atoms with Crippen molar-refractivity contribution in [3.05, 3.63) is 20.8 Å². The van der Waals surface area contributed by atoms with Crippen LogP contribution in [0.5, 0.6) is 0 Å². The fraction of sp³-hybridized carbons (Fsp3) is 0.647. The number of piperidine rings is 1. The molecule has 0 spiro atoms. The summed E-state index contributed by atoms with van der Waals surface area (Å²) >= 11 is 0. The molecular weight excluding hydrogens is 334 g/mol. The Balaban J connectivity index is 1.74. The molecule has 0 aliphatic carbocycles. The highest BCUT2D eigenvalue weighted by atomic mass is 16.2. The molecule has 2 aromatic heterocycles. The van der Waals surface area contributed by atoms with E-state index in [9.17, 15) is 9.59 Å². The van der Waals surface area contributed by atoms with Crippen molar-refractivity contribution in [2.75, 3.05) is 31.2 Å². The Morgan fingerprint density at radius 3 is 2.46 bits per heavy atom. The van der Waals surface area contributed by atoms with Gasteiger partial charge in [-0.25, -0.2) is 9.80 Å². The molecule has 0 bridgehead atoms. The van der Waals surface area contributed by atoms with Crippen LogP contribution in [0.3, 0.4) is 0 Å². The number of hydrogen-bond acceptors (Lipinski definition) is 6. The van der Waals surface area contributed by atoms with E-state index in [4.69, 9.17) is 0 Å². The summed E-state index contributed by atoms with van der Waals surface area (Å²) in [6.07, 6.45) is 3.81. The summed E-state index contributed by atoms with van der Waals surface area (Å²) in [5.74, 6) is 0.640. The van der Waals surface area contributed by atoms with E-state index >= 15 is 0 Å². The molecule has 2 aromatic rings. The van der Waals surface area contributed by atoms with Crippen LogP contribution in [0.2, 0.25) is 0 Å². The smallest absolute Gasteiger partial charge is 0.301 e. The Morgan fingerprint density at radius 2 is 1.73 bits per heavy atom. The number of aromatic nitrogens is 4. The van der Waals surface area contributed by atoms with E-state index in [-0.39, 0.29) is 11.2 Å². The number of fused-ring (bicyclic) bond motifs is 3. The molecule has 26 heavy (non-hydrogen) atoms. The van der Waals surface area contributed by atoms with E-state index in [2.05, 4.69) is 15.0 Å². The van der Waals surface area contributed by atoms with E-state index < -0.39 is 0 Å². The Bertz CT molecular complexity index is 991. The Hall–Kier alpha value is -2.42. The SMILES string of the molecule is CC1=NN(CCN2CCCCC2)c2nc3c(c(=O)n(C)c(=O)n3C)n2C1. The van der Waals surface area contributed by atoms with Gasteiger partial charge in [-0.1, -0.05) is 6.42 Å². The van der Waals surface area contributed by atoms with Gasteiger partial charge in [0.25, 0.3) is 5.56 Å². The molecule has 4 rings (SSSR count). The summed E-state index contributed by atoms with van der Waals surface area (Å²) in [4.78, 5) is 32.0. The average Bonchev–Trinajstić information content (AvgIpc) is 3.03. The summed E-state index contributed by atoms with van der Waals surface area (Å²) in [7, 11) is 3.15. The van der Waals surface area contributed by atoms with Gasteiger partial charge in [-0.15, -0.1) is 0 Å². The van der Waals surface area contributed by atoms with Gasteiger partial charge in [0.15, 0.2) is 11.2 Å². The third-order valence-corrected chi connectivity index (χ3v) is 5.31. The predicted octanol–water partition coefficient (Wildman–Crippen LogP) is 0.116. The van der Waals surface area contributed by atoms with Crippen molar-refractivity contribution < 1.29 is 0 Å². The van der Waals surface area contributed by atoms with Crippen LogP contribution in [0.25, 0.3) is 11.2 Å². The van der Waals surface area contributed by atoms with Crippen LogP contribution >= 0.6 is 0 Å². The first-order valence-electron chi connectivity index (χ1n) is 9.17. The topological polar surface area (TPSA) is 80.7 Å². The highest BCUT2D eigenvalue weighted by molar-refractivity contribution is 5.87. The average molecular weight is 359 g/mol. The second-order valence-corrected chi connectivity index (χ2v) is 7.24. The predicted molar refractivity (Wildman–Crippen MR) is 101 cm³/mol. The molecule has 0 N–H and O–H groups in total. The van der Waals surface area contributed by atoms with Crippen molar-refractivity contribution in [2.24, 2.45) is 19.2 Å². The third kappa shape index (κ3) is 2.66. The molecule has 0 aromatic carbocycles. The minimum absolute atomic E-state index is 0.312. The van der Waals surface area contributed by atoms with E-state index in [0.717, 1.165) is 36.5 Å². The van der Waals surface area contributed by atoms with E-state index in [1.54, 1.807) is 7.05 Å². The summed E-state index contributed by atoms with van der Waals surface area (Å²) in [6.45, 7) is 6.35. The second kappa shape index (κ2) is 6.39. The lowest BCUT2D eigenvalue weighted by molar-refractivity contribution is 0.233. The van der Waals surface area contributed by atoms with Crippen molar-refractivity contribution in [2.45, 2.75) is 32.7 Å². The lowest BCUT2D eigenvalue weighted by atomic mass is 10.1. The van der Waals surface area contributed by atoms with Crippen LogP contribution in [0.15, 0.2) is 14.7 Å². The van der Waals surface area contributed by atoms with Gasteiger partial charge in [0, 0.05) is 20.6 Å². The van der Waals surface area contributed by atoms with Gasteiger partial charge in [-0.2, -0.15) is 10.1 Å². The van der Waals surface area contributed by atoms with E-state index in [1.807, 2.05) is 16.5 Å². The zero-order chi connectivity index (χ0) is 18.4. The largest absolute Gasteiger partial charge is 0.332 e. The fourth-order valence-corrected chi connectivity index (χ4v) is 3.86. The number of likely N-dealkylation sites (tertiary alicyclic amines) is 1. The summed E-state index contributed by atoms with van der Waals surface area (Å²) in [5, 5.41) is 6.52. The Morgan fingerprint density at radius 1 is 1.00 bits per heavy atom. The maximum atomic E-state index is 12.7. The second-order valence-electron chi connectivity index (χ2n) is 7.24. The number of imidazole rings is 1. The summed E-state index contributed by atoms with van der Waals surface area (Å²) in [5.41, 5.74) is 1.12. The first-order chi connectivity index (χ1) is 12.5. The van der Waals surface area contributed by atoms with Crippen LogP contribution in [-0.2, 0) is 20.6 Å². The first-order valence-corrected chi connectivity index (χ1v) is 9.17. The molecule has 2 aliphatic heterocycles. The molecule has 0 radical (unpaired) electrons. The Kier molecular flexibility index (Phi) is 4.18. The quantitative estimate of drug-likeness (QED) is 0.777. The van der Waals surface area contributed by atoms with Gasteiger partial charge < -0.3 is 4.90 Å². The zero-order valence-corrected chi connectivity index (χ0v) is 15.6. The van der Waals surface area contributed by atoms with Gasteiger partial charge >= 0.3 is 5.69 Å². The maximum absolute atomic E-state index is 12.7. The number of hydrazone groups is 1. The van der Waals surface area contributed by atoms with Crippen LogP contribution in [-0.4, -0.2) is 55.5 Å². The first kappa shape index (κ1) is 17.0. The lowest BCUT2D eigenvalue weighted by Crippen LogP contribution is -2.39. The summed E-state index contributed by atoms with van der Waals surface area (Å²) in [6, 6.07) is 0. The minimum atomic E-state index is -0.365. The molecule has 2 aliphatic rings. The van der Waals surface area contributed by atoms with Crippen molar-refractivity contribution in [1.29, 1.82) is 0 Å². The molecule has 1 fully saturated rings. The van der Waals surface area contributed by atoms with Crippen LogP contribution in [0.4, 0.5) is 5.95 Å². The third-order valence-electron chi connectivity index (χ3n) is 5.31. The number of hydrogen-bond donors (Lipinski definition) is 0. The standard InChI is InChI=1S/C17H25N7O2/c1-12-11-23-13-14(20(2)17(26)21(3)15(13)25)18-16(23)24(19-12)10-9-22-7-5-4-6-8-22/h4-11H2,1-3H3. The lowest BCUT2D eigenvalue weighted by Gasteiger charge is -2.30. The fourth-order valence-electron chi connectivity index (χ4n) is 3.86. The minimum Gasteiger partial charge on any atom is -0.301 e. The molecule has 1 saturated heterocycles. The highest BCUT2D eigenvalue weighted by Gasteiger charge is 2.26. The molecular formula is C17H25N7O2. The van der Waals surface area contributed by atoms with Gasteiger partial charge in [0.05, 0.1) is 18.8 Å². The van der Waals surface area contributed by atoms with Crippen LogP contribution in [0.1, 0.15) is 26.2 Å². The number of aryl methyl sites for hydroxylation is 1. The molecule has 0 atom stereocenters. The molecule has 0 saturated carbocycles. The van der Waals surface area contributed by atoms with E-state index in [1.165, 1.54) is 30.9 Å². The molecule has 140 valence electrons. The van der Waals surface area contributed by atoms with Crippen molar-refractivity contribution in [3.8, 4) is 0 Å². The van der Waals surface area contributed by atoms with Gasteiger partial charge in [-0.05, 0) is 32.9 Å². The Labute approximate surface area is 151 Å². The maximum Gasteiger partial charge on any atom is 0.332 e. The van der Waals surface area contributed by atoms with E-state index in [0.29, 0.717) is 23.7 Å². The van der Waals surface area contributed by atoms with Crippen LogP contribution < -0.4 is 16.3 Å². The van der Waals surface area contributed by atoms with Crippen molar-refractivity contribution in [1.82, 2.24) is 23.6 Å². The van der Waals surface area contributed by atoms with Gasteiger partial charge in [0.2, 0.25) is 5.95 Å². The molecule has 9 heteroatoms. The van der Waals surface area contributed by atoms with Crippen molar-refractivity contribution in [3.63, 3.8) is 0 Å². The number of nitrogens with zero attached hydrogens (tertiary/aromatic N) is 7. The zero-order valence-electron chi connectivity index (χ0n) is 15.6. The van der Waals surface area contributed by atoms with Gasteiger partial charge in [0.1, 0.15) is 0 Å². The molecule has 0 unspecified atom stereocenters. The van der Waals surface area contributed by atoms with Crippen molar-refractivity contribution >= 4 is 22.8 Å². The molecule has 9 nitrogen and oxygen atoms in total. The number of rotatable bonds is 3. The van der Waals surface area contributed by atoms with Crippen LogP contribution in [0, 0.1) is 0 Å². The molecule has 0 amide bonds. The monoisotopic (exact) mass is 359 g/mol. The van der Waals surface area contributed by atoms with Gasteiger partial charge in [-0.3, -0.25) is 18.5 Å². The normalized spacial score (nSPS) is 18.3. The number of anilines is 1.